The molecule has 1 unspecified atom stereocenters. The second-order valence-corrected chi connectivity index (χ2v) is 5.76. The first-order valence-electron chi connectivity index (χ1n) is 7.37. The fourth-order valence-electron chi connectivity index (χ4n) is 2.98. The van der Waals surface area contributed by atoms with Crippen LogP contribution in [0.4, 0.5) is 4.79 Å². The van der Waals surface area contributed by atoms with Crippen LogP contribution in [0.25, 0.3) is 0 Å². The molecule has 1 atom stereocenters. The van der Waals surface area contributed by atoms with Crippen molar-refractivity contribution in [1.29, 1.82) is 0 Å². The van der Waals surface area contributed by atoms with Crippen molar-refractivity contribution in [3.8, 4) is 0 Å². The third kappa shape index (κ3) is 3.51. The number of amides is 2. The van der Waals surface area contributed by atoms with Gasteiger partial charge in [-0.2, -0.15) is 0 Å². The molecule has 1 aliphatic carbocycles. The van der Waals surface area contributed by atoms with E-state index >= 15 is 0 Å². The number of carbonyl (C=O) groups is 1. The highest BCUT2D eigenvalue weighted by molar-refractivity contribution is 5.74. The molecule has 0 saturated heterocycles. The molecule has 20 heavy (non-hydrogen) atoms. The second kappa shape index (κ2) is 6.75. The molecular weight excluding hydrogens is 252 g/mol. The standard InChI is InChI=1S/C16H24N2O2/c1-13(11-19)18-15(20)17-12-16(9-5-6-10-16)14-7-3-2-4-8-14/h2-4,7-8,13,19H,5-6,9-12H2,1H3,(H2,17,18,20). The Balaban J connectivity index is 1.99. The Morgan fingerprint density at radius 3 is 2.55 bits per heavy atom. The minimum atomic E-state index is -0.216. The number of benzene rings is 1. The summed E-state index contributed by atoms with van der Waals surface area (Å²) in [6, 6.07) is 10.0. The van der Waals surface area contributed by atoms with Gasteiger partial charge in [0.25, 0.3) is 0 Å². The van der Waals surface area contributed by atoms with Gasteiger partial charge in [0.2, 0.25) is 0 Å². The van der Waals surface area contributed by atoms with E-state index in [2.05, 4.69) is 34.9 Å². The van der Waals surface area contributed by atoms with Crippen LogP contribution in [0.2, 0.25) is 0 Å². The molecule has 1 aromatic carbocycles. The summed E-state index contributed by atoms with van der Waals surface area (Å²) in [4.78, 5) is 11.8. The summed E-state index contributed by atoms with van der Waals surface area (Å²) in [7, 11) is 0. The third-order valence-corrected chi connectivity index (χ3v) is 4.19. The topological polar surface area (TPSA) is 61.4 Å². The van der Waals surface area contributed by atoms with Gasteiger partial charge in [0.1, 0.15) is 0 Å². The van der Waals surface area contributed by atoms with E-state index in [1.807, 2.05) is 6.07 Å². The molecule has 1 fully saturated rings. The molecule has 110 valence electrons. The molecule has 0 bridgehead atoms. The van der Waals surface area contributed by atoms with Crippen molar-refractivity contribution in [3.05, 3.63) is 35.9 Å². The van der Waals surface area contributed by atoms with Crippen LogP contribution >= 0.6 is 0 Å². The summed E-state index contributed by atoms with van der Waals surface area (Å²) in [6.45, 7) is 2.39. The predicted octanol–water partition coefficient (Wildman–Crippen LogP) is 2.18. The van der Waals surface area contributed by atoms with E-state index in [0.717, 1.165) is 12.8 Å². The Kier molecular flexibility index (Phi) is 5.01. The summed E-state index contributed by atoms with van der Waals surface area (Å²) in [5.74, 6) is 0. The fourth-order valence-corrected chi connectivity index (χ4v) is 2.98. The summed E-state index contributed by atoms with van der Waals surface area (Å²) < 4.78 is 0. The quantitative estimate of drug-likeness (QED) is 0.772. The van der Waals surface area contributed by atoms with Crippen LogP contribution in [0, 0.1) is 0 Å². The van der Waals surface area contributed by atoms with E-state index in [9.17, 15) is 4.79 Å². The Morgan fingerprint density at radius 1 is 1.30 bits per heavy atom. The zero-order chi connectivity index (χ0) is 14.4. The van der Waals surface area contributed by atoms with E-state index in [1.165, 1.54) is 18.4 Å². The highest BCUT2D eigenvalue weighted by Crippen LogP contribution is 2.40. The van der Waals surface area contributed by atoms with Gasteiger partial charge in [0.15, 0.2) is 0 Å². The first-order chi connectivity index (χ1) is 9.66. The van der Waals surface area contributed by atoms with Gasteiger partial charge in [-0.3, -0.25) is 0 Å². The summed E-state index contributed by atoms with van der Waals surface area (Å²) >= 11 is 0. The number of urea groups is 1. The van der Waals surface area contributed by atoms with Gasteiger partial charge in [0, 0.05) is 12.0 Å². The normalized spacial score (nSPS) is 18.5. The lowest BCUT2D eigenvalue weighted by atomic mass is 9.79. The number of aliphatic hydroxyl groups excluding tert-OH is 1. The van der Waals surface area contributed by atoms with Gasteiger partial charge in [-0.15, -0.1) is 0 Å². The van der Waals surface area contributed by atoms with Gasteiger partial charge in [-0.1, -0.05) is 43.2 Å². The number of carbonyl (C=O) groups excluding carboxylic acids is 1. The molecule has 0 radical (unpaired) electrons. The molecule has 0 heterocycles. The fraction of sp³-hybridized carbons (Fsp3) is 0.562. The van der Waals surface area contributed by atoms with Crippen LogP contribution in [0.3, 0.4) is 0 Å². The Labute approximate surface area is 120 Å². The van der Waals surface area contributed by atoms with Gasteiger partial charge < -0.3 is 15.7 Å². The van der Waals surface area contributed by atoms with Gasteiger partial charge in [0.05, 0.1) is 12.6 Å². The van der Waals surface area contributed by atoms with Crippen molar-refractivity contribution in [2.45, 2.75) is 44.1 Å². The highest BCUT2D eigenvalue weighted by Gasteiger charge is 2.35. The Morgan fingerprint density at radius 2 is 1.95 bits per heavy atom. The van der Waals surface area contributed by atoms with Crippen LogP contribution in [-0.4, -0.2) is 30.3 Å². The van der Waals surface area contributed by atoms with Crippen molar-refractivity contribution in [3.63, 3.8) is 0 Å². The average molecular weight is 276 g/mol. The van der Waals surface area contributed by atoms with Crippen molar-refractivity contribution < 1.29 is 9.90 Å². The molecule has 1 aliphatic rings. The summed E-state index contributed by atoms with van der Waals surface area (Å²) in [5, 5.41) is 14.6. The minimum absolute atomic E-state index is 0.0444. The molecule has 3 N–H and O–H groups in total. The maximum absolute atomic E-state index is 11.8. The van der Waals surface area contributed by atoms with E-state index < -0.39 is 0 Å². The van der Waals surface area contributed by atoms with E-state index in [4.69, 9.17) is 5.11 Å². The SMILES string of the molecule is CC(CO)NC(=O)NCC1(c2ccccc2)CCCC1. The molecular formula is C16H24N2O2. The lowest BCUT2D eigenvalue weighted by molar-refractivity contribution is 0.218. The molecule has 4 heteroatoms. The van der Waals surface area contributed by atoms with E-state index in [-0.39, 0.29) is 24.1 Å². The zero-order valence-corrected chi connectivity index (χ0v) is 12.1. The number of hydrogen-bond acceptors (Lipinski definition) is 2. The van der Waals surface area contributed by atoms with Crippen molar-refractivity contribution in [1.82, 2.24) is 10.6 Å². The van der Waals surface area contributed by atoms with Crippen molar-refractivity contribution in [2.75, 3.05) is 13.2 Å². The molecule has 2 amide bonds. The molecule has 2 rings (SSSR count). The lowest BCUT2D eigenvalue weighted by Gasteiger charge is -2.30. The maximum atomic E-state index is 11.8. The smallest absolute Gasteiger partial charge is 0.315 e. The van der Waals surface area contributed by atoms with Gasteiger partial charge in [-0.05, 0) is 25.3 Å². The first-order valence-corrected chi connectivity index (χ1v) is 7.37. The van der Waals surface area contributed by atoms with E-state index in [0.29, 0.717) is 6.54 Å². The molecule has 4 nitrogen and oxygen atoms in total. The van der Waals surface area contributed by atoms with Crippen molar-refractivity contribution >= 4 is 6.03 Å². The monoisotopic (exact) mass is 276 g/mol. The molecule has 0 aromatic heterocycles. The maximum Gasteiger partial charge on any atom is 0.315 e. The minimum Gasteiger partial charge on any atom is -0.394 e. The van der Waals surface area contributed by atoms with E-state index in [1.54, 1.807) is 6.92 Å². The summed E-state index contributed by atoms with van der Waals surface area (Å²) in [6.07, 6.45) is 4.66. The highest BCUT2D eigenvalue weighted by atomic mass is 16.3. The number of hydrogen-bond donors (Lipinski definition) is 3. The average Bonchev–Trinajstić information content (AvgIpc) is 2.96. The molecule has 0 spiro atoms. The van der Waals surface area contributed by atoms with Gasteiger partial charge >= 0.3 is 6.03 Å². The third-order valence-electron chi connectivity index (χ3n) is 4.19. The van der Waals surface area contributed by atoms with Gasteiger partial charge in [-0.25, -0.2) is 4.79 Å². The number of nitrogens with one attached hydrogen (secondary N) is 2. The van der Waals surface area contributed by atoms with Crippen LogP contribution in [0.1, 0.15) is 38.2 Å². The Bertz CT molecular complexity index is 427. The molecule has 1 aromatic rings. The zero-order valence-electron chi connectivity index (χ0n) is 12.1. The van der Waals surface area contributed by atoms with Crippen LogP contribution in [0.5, 0.6) is 0 Å². The van der Waals surface area contributed by atoms with Crippen molar-refractivity contribution in [2.24, 2.45) is 0 Å². The van der Waals surface area contributed by atoms with Crippen LogP contribution < -0.4 is 10.6 Å². The number of rotatable bonds is 5. The lowest BCUT2D eigenvalue weighted by Crippen LogP contribution is -2.47. The molecule has 0 aliphatic heterocycles. The largest absolute Gasteiger partial charge is 0.394 e. The number of aliphatic hydroxyl groups is 1. The Hall–Kier alpha value is -1.55. The van der Waals surface area contributed by atoms with Crippen LogP contribution in [-0.2, 0) is 5.41 Å². The first kappa shape index (κ1) is 14.9. The van der Waals surface area contributed by atoms with Crippen LogP contribution in [0.15, 0.2) is 30.3 Å². The predicted molar refractivity (Wildman–Crippen MR) is 79.7 cm³/mol. The summed E-state index contributed by atoms with van der Waals surface area (Å²) in [5.41, 5.74) is 1.38. The second-order valence-electron chi connectivity index (χ2n) is 5.76. The molecule has 1 saturated carbocycles.